The van der Waals surface area contributed by atoms with Crippen molar-refractivity contribution in [3.8, 4) is 0 Å². The van der Waals surface area contributed by atoms with Crippen LogP contribution >= 0.6 is 35.7 Å². The van der Waals surface area contributed by atoms with Gasteiger partial charge in [-0.1, -0.05) is 17.8 Å². The van der Waals surface area contributed by atoms with Crippen LogP contribution in [0, 0.1) is 0 Å². The van der Waals surface area contributed by atoms with E-state index in [0.29, 0.717) is 6.61 Å². The lowest BCUT2D eigenvalue weighted by atomic mass is 9.94. The number of thiol groups is 1. The predicted molar refractivity (Wildman–Crippen MR) is 119 cm³/mol. The summed E-state index contributed by atoms with van der Waals surface area (Å²) in [6.07, 6.45) is 2.51. The van der Waals surface area contributed by atoms with Crippen LogP contribution in [0.15, 0.2) is 21.8 Å². The minimum absolute atomic E-state index is 0.104. The van der Waals surface area contributed by atoms with E-state index in [-0.39, 0.29) is 33.6 Å². The van der Waals surface area contributed by atoms with Crippen molar-refractivity contribution in [2.45, 2.75) is 49.0 Å². The first-order valence-corrected chi connectivity index (χ1v) is 11.9. The molecule has 3 aliphatic rings. The highest BCUT2D eigenvalue weighted by molar-refractivity contribution is 8.01. The molecule has 4 heterocycles. The van der Waals surface area contributed by atoms with Crippen molar-refractivity contribution in [1.82, 2.24) is 15.2 Å². The Bertz CT molecular complexity index is 987. The maximum Gasteiger partial charge on any atom is 0.276 e. The smallest absolute Gasteiger partial charge is 0.276 e. The van der Waals surface area contributed by atoms with Crippen LogP contribution in [-0.2, 0) is 19.1 Å². The number of amides is 2. The lowest BCUT2D eigenvalue weighted by Gasteiger charge is -2.52. The van der Waals surface area contributed by atoms with Gasteiger partial charge < -0.3 is 21.0 Å². The Labute approximate surface area is 191 Å². The number of anilines is 1. The summed E-state index contributed by atoms with van der Waals surface area (Å²) in [6.45, 7) is 2.56. The summed E-state index contributed by atoms with van der Waals surface area (Å²) in [5.41, 5.74) is 6.35. The van der Waals surface area contributed by atoms with Gasteiger partial charge in [0.05, 0.1) is 6.10 Å². The highest BCUT2D eigenvalue weighted by atomic mass is 32.2. The Morgan fingerprint density at radius 1 is 1.45 bits per heavy atom. The molecule has 2 fully saturated rings. The fourth-order valence-electron chi connectivity index (χ4n) is 4.03. The van der Waals surface area contributed by atoms with Crippen molar-refractivity contribution in [2.75, 3.05) is 12.3 Å². The van der Waals surface area contributed by atoms with Crippen molar-refractivity contribution in [3.63, 3.8) is 0 Å². The molecule has 31 heavy (non-hydrogen) atoms. The Hall–Kier alpha value is -2.09. The van der Waals surface area contributed by atoms with Gasteiger partial charge in [-0.2, -0.15) is 0 Å². The Kier molecular flexibility index (Phi) is 6.28. The number of nitrogens with zero attached hydrogens (tertiary/aromatic N) is 3. The SMILES string of the molecule is CC1S[C@@H]2C(NC(=O)/C(=N\O)c3csc(N)n3)C(=O)N2C(C(=O)S)=C1C1CCCCO1. The van der Waals surface area contributed by atoms with Gasteiger partial charge in [-0.25, -0.2) is 4.98 Å². The van der Waals surface area contributed by atoms with E-state index in [1.807, 2.05) is 6.92 Å². The number of thioether (sulfide) groups is 1. The fraction of sp³-hybridized carbons (Fsp3) is 0.500. The largest absolute Gasteiger partial charge is 0.410 e. The van der Waals surface area contributed by atoms with E-state index >= 15 is 0 Å². The van der Waals surface area contributed by atoms with E-state index < -0.39 is 28.3 Å². The number of carbonyl (C=O) groups excluding carboxylic acids is 3. The zero-order valence-corrected chi connectivity index (χ0v) is 19.0. The second-order valence-electron chi connectivity index (χ2n) is 7.31. The molecule has 4 rings (SSSR count). The predicted octanol–water partition coefficient (Wildman–Crippen LogP) is 0.972. The Balaban J connectivity index is 1.56. The number of hydrogen-bond donors (Lipinski definition) is 4. The molecule has 1 aromatic rings. The molecule has 2 amide bonds. The van der Waals surface area contributed by atoms with E-state index in [4.69, 9.17) is 10.5 Å². The fourth-order valence-corrected chi connectivity index (χ4v) is 6.32. The number of aromatic nitrogens is 1. The number of thiazole rings is 1. The van der Waals surface area contributed by atoms with Crippen molar-refractivity contribution in [1.29, 1.82) is 0 Å². The minimum atomic E-state index is -0.885. The van der Waals surface area contributed by atoms with E-state index in [1.54, 1.807) is 0 Å². The normalized spacial score (nSPS) is 28.8. The monoisotopic (exact) mass is 483 g/mol. The van der Waals surface area contributed by atoms with Gasteiger partial charge >= 0.3 is 0 Å². The van der Waals surface area contributed by atoms with Crippen LogP contribution < -0.4 is 11.1 Å². The lowest BCUT2D eigenvalue weighted by Crippen LogP contribution is -2.71. The number of nitrogens with two attached hydrogens (primary N) is 1. The van der Waals surface area contributed by atoms with E-state index in [0.717, 1.165) is 36.2 Å². The molecule has 0 saturated carbocycles. The van der Waals surface area contributed by atoms with Crippen LogP contribution in [0.5, 0.6) is 0 Å². The van der Waals surface area contributed by atoms with E-state index in [2.05, 4.69) is 28.1 Å². The van der Waals surface area contributed by atoms with Gasteiger partial charge in [0.2, 0.25) is 5.12 Å². The van der Waals surface area contributed by atoms with Crippen molar-refractivity contribution >= 4 is 63.5 Å². The number of nitrogens with one attached hydrogen (secondary N) is 1. The zero-order chi connectivity index (χ0) is 22.3. The second-order valence-corrected chi connectivity index (χ2v) is 10.1. The maximum atomic E-state index is 12.9. The number of rotatable bonds is 5. The number of ether oxygens (including phenoxy) is 1. The first-order chi connectivity index (χ1) is 14.8. The molecule has 0 aromatic carbocycles. The molecule has 2 saturated heterocycles. The van der Waals surface area contributed by atoms with Gasteiger partial charge in [0.25, 0.3) is 11.8 Å². The Morgan fingerprint density at radius 3 is 2.81 bits per heavy atom. The molecule has 0 aliphatic carbocycles. The summed E-state index contributed by atoms with van der Waals surface area (Å²) in [5.74, 6) is -1.19. The van der Waals surface area contributed by atoms with Gasteiger partial charge in [-0.15, -0.1) is 23.1 Å². The van der Waals surface area contributed by atoms with Crippen LogP contribution in [0.3, 0.4) is 0 Å². The summed E-state index contributed by atoms with van der Waals surface area (Å²) in [7, 11) is 0. The van der Waals surface area contributed by atoms with Gasteiger partial charge in [0.15, 0.2) is 10.8 Å². The third kappa shape index (κ3) is 3.95. The maximum absolute atomic E-state index is 12.9. The molecule has 4 N–H and O–H groups in total. The van der Waals surface area contributed by atoms with Crippen LogP contribution in [-0.4, -0.2) is 67.1 Å². The molecular formula is C18H21N5O5S3. The summed E-state index contributed by atoms with van der Waals surface area (Å²) >= 11 is 6.57. The molecular weight excluding hydrogens is 462 g/mol. The molecule has 166 valence electrons. The van der Waals surface area contributed by atoms with Crippen molar-refractivity contribution < 1.29 is 24.3 Å². The summed E-state index contributed by atoms with van der Waals surface area (Å²) in [5, 5.41) is 15.5. The van der Waals surface area contributed by atoms with Crippen molar-refractivity contribution in [3.05, 3.63) is 22.3 Å². The topological polar surface area (TPSA) is 147 Å². The van der Waals surface area contributed by atoms with Gasteiger partial charge in [0, 0.05) is 17.2 Å². The van der Waals surface area contributed by atoms with Crippen LogP contribution in [0.25, 0.3) is 0 Å². The van der Waals surface area contributed by atoms with Crippen LogP contribution in [0.4, 0.5) is 5.13 Å². The molecule has 4 atom stereocenters. The third-order valence-corrected chi connectivity index (χ3v) is 7.74. The van der Waals surface area contributed by atoms with Crippen LogP contribution in [0.1, 0.15) is 31.9 Å². The van der Waals surface area contributed by atoms with Crippen molar-refractivity contribution in [2.24, 2.45) is 5.16 Å². The molecule has 0 radical (unpaired) electrons. The standard InChI is InChI=1S/C18H21N5O5S3/c1-7-10(9-4-2-3-5-28-9)13(17(26)29)23-15(25)12(16(23)31-7)21-14(24)11(22-27)8-6-30-18(19)20-8/h6-7,9,12,16,27H,2-5H2,1H3,(H2,19,20)(H,21,24)(H,26,29)/b22-11-/t7?,9?,12?,16-/m1/s1. The summed E-state index contributed by atoms with van der Waals surface area (Å²) in [4.78, 5) is 43.3. The molecule has 3 unspecified atom stereocenters. The highest BCUT2D eigenvalue weighted by Crippen LogP contribution is 2.46. The van der Waals surface area contributed by atoms with Gasteiger partial charge in [-0.3, -0.25) is 19.3 Å². The number of oxime groups is 1. The number of nitrogen functional groups attached to an aromatic ring is 1. The highest BCUT2D eigenvalue weighted by Gasteiger charge is 2.56. The third-order valence-electron chi connectivity index (χ3n) is 5.43. The zero-order valence-electron chi connectivity index (χ0n) is 16.5. The first kappa shape index (κ1) is 22.1. The molecule has 3 aliphatic heterocycles. The summed E-state index contributed by atoms with van der Waals surface area (Å²) < 4.78 is 5.87. The number of hydrogen-bond acceptors (Lipinski definition) is 10. The van der Waals surface area contributed by atoms with E-state index in [1.165, 1.54) is 22.0 Å². The second kappa shape index (κ2) is 8.81. The number of carbonyl (C=O) groups is 3. The molecule has 10 nitrogen and oxygen atoms in total. The minimum Gasteiger partial charge on any atom is -0.410 e. The lowest BCUT2D eigenvalue weighted by molar-refractivity contribution is -0.146. The molecule has 1 aromatic heterocycles. The van der Waals surface area contributed by atoms with Gasteiger partial charge in [-0.05, 0) is 31.8 Å². The Morgan fingerprint density at radius 2 is 2.23 bits per heavy atom. The van der Waals surface area contributed by atoms with E-state index in [9.17, 15) is 19.6 Å². The molecule has 0 bridgehead atoms. The number of fused-ring (bicyclic) bond motifs is 1. The quantitative estimate of drug-likeness (QED) is 0.159. The first-order valence-electron chi connectivity index (χ1n) is 9.65. The van der Waals surface area contributed by atoms with Crippen LogP contribution in [0.2, 0.25) is 0 Å². The average Bonchev–Trinajstić information content (AvgIpc) is 3.18. The summed E-state index contributed by atoms with van der Waals surface area (Å²) in [6, 6.07) is -0.885. The van der Waals surface area contributed by atoms with Gasteiger partial charge in [0.1, 0.15) is 22.8 Å². The molecule has 13 heteroatoms. The number of β-lactam (4-membered cyclic amide) rings is 1. The average molecular weight is 484 g/mol. The molecule has 0 spiro atoms.